The van der Waals surface area contributed by atoms with E-state index in [1.165, 1.54) is 0 Å². The van der Waals surface area contributed by atoms with Gasteiger partial charge in [0.2, 0.25) is 0 Å². The molecule has 7 heteroatoms. The highest BCUT2D eigenvalue weighted by atomic mass is 16.5. The van der Waals surface area contributed by atoms with Gasteiger partial charge in [0.15, 0.2) is 0 Å². The predicted octanol–water partition coefficient (Wildman–Crippen LogP) is 2.89. The van der Waals surface area contributed by atoms with Crippen LogP contribution in [0.3, 0.4) is 0 Å². The molecule has 0 unspecified atom stereocenters. The van der Waals surface area contributed by atoms with Crippen LogP contribution in [0, 0.1) is 0 Å². The molecule has 3 aromatic rings. The Balaban J connectivity index is 1.51. The number of pyridine rings is 2. The molecule has 0 aromatic carbocycles. The van der Waals surface area contributed by atoms with E-state index in [1.807, 2.05) is 47.0 Å². The van der Waals surface area contributed by atoms with Crippen molar-refractivity contribution in [1.29, 1.82) is 0 Å². The third-order valence-electron chi connectivity index (χ3n) is 4.93. The normalized spacial score (nSPS) is 14.8. The topological polar surface area (TPSA) is 65.3 Å². The Morgan fingerprint density at radius 2 is 2.07 bits per heavy atom. The molecule has 1 aliphatic rings. The SMILES string of the molecule is CCOC(=O)c1cc2ccccn2c1-c1ccc(OCCN2CCOCC2)cn1. The summed E-state index contributed by atoms with van der Waals surface area (Å²) in [7, 11) is 0. The lowest BCUT2D eigenvalue weighted by molar-refractivity contribution is 0.0322. The molecule has 0 atom stereocenters. The van der Waals surface area contributed by atoms with Crippen LogP contribution in [0.1, 0.15) is 17.3 Å². The highest BCUT2D eigenvalue weighted by Gasteiger charge is 2.20. The highest BCUT2D eigenvalue weighted by molar-refractivity contribution is 5.98. The van der Waals surface area contributed by atoms with Crippen LogP contribution in [0.15, 0.2) is 48.8 Å². The number of carbonyl (C=O) groups is 1. The van der Waals surface area contributed by atoms with E-state index in [0.29, 0.717) is 30.2 Å². The standard InChI is InChI=1S/C22H25N3O4/c1-2-28-22(26)19-15-17-5-3-4-8-25(17)21(19)20-7-6-18(16-23-20)29-14-11-24-9-12-27-13-10-24/h3-8,15-16H,2,9-14H2,1H3. The quantitative estimate of drug-likeness (QED) is 0.573. The van der Waals surface area contributed by atoms with Gasteiger partial charge in [0.1, 0.15) is 12.4 Å². The predicted molar refractivity (Wildman–Crippen MR) is 109 cm³/mol. The van der Waals surface area contributed by atoms with Gasteiger partial charge in [-0.2, -0.15) is 0 Å². The minimum Gasteiger partial charge on any atom is -0.491 e. The molecule has 0 saturated carbocycles. The molecule has 0 bridgehead atoms. The van der Waals surface area contributed by atoms with Crippen molar-refractivity contribution in [3.8, 4) is 17.1 Å². The number of esters is 1. The first-order chi connectivity index (χ1) is 14.3. The summed E-state index contributed by atoms with van der Waals surface area (Å²) in [4.78, 5) is 19.3. The first-order valence-electron chi connectivity index (χ1n) is 9.93. The van der Waals surface area contributed by atoms with Crippen LogP contribution in [0.25, 0.3) is 16.9 Å². The molecule has 0 amide bonds. The smallest absolute Gasteiger partial charge is 0.340 e. The van der Waals surface area contributed by atoms with Crippen molar-refractivity contribution >= 4 is 11.5 Å². The molecule has 1 aliphatic heterocycles. The number of morpholine rings is 1. The van der Waals surface area contributed by atoms with Crippen LogP contribution in [-0.4, -0.2) is 66.3 Å². The monoisotopic (exact) mass is 395 g/mol. The van der Waals surface area contributed by atoms with Crippen LogP contribution in [0.2, 0.25) is 0 Å². The van der Waals surface area contributed by atoms with Crippen molar-refractivity contribution in [3.63, 3.8) is 0 Å². The molecule has 1 fully saturated rings. The lowest BCUT2D eigenvalue weighted by Gasteiger charge is -2.26. The van der Waals surface area contributed by atoms with Crippen molar-refractivity contribution < 1.29 is 19.0 Å². The van der Waals surface area contributed by atoms with Crippen molar-refractivity contribution in [2.75, 3.05) is 46.1 Å². The van der Waals surface area contributed by atoms with Crippen LogP contribution in [-0.2, 0) is 9.47 Å². The van der Waals surface area contributed by atoms with Gasteiger partial charge in [0.25, 0.3) is 0 Å². The van der Waals surface area contributed by atoms with Gasteiger partial charge in [-0.3, -0.25) is 9.88 Å². The highest BCUT2D eigenvalue weighted by Crippen LogP contribution is 2.28. The molecule has 0 aliphatic carbocycles. The molecule has 3 aromatic heterocycles. The number of nitrogens with zero attached hydrogens (tertiary/aromatic N) is 3. The van der Waals surface area contributed by atoms with E-state index in [2.05, 4.69) is 9.88 Å². The number of aromatic nitrogens is 2. The number of carbonyl (C=O) groups excluding carboxylic acids is 1. The Labute approximate surface area is 169 Å². The molecular formula is C22H25N3O4. The zero-order chi connectivity index (χ0) is 20.1. The summed E-state index contributed by atoms with van der Waals surface area (Å²) in [5.41, 5.74) is 2.84. The zero-order valence-electron chi connectivity index (χ0n) is 16.5. The molecule has 7 nitrogen and oxygen atoms in total. The van der Waals surface area contributed by atoms with E-state index in [0.717, 1.165) is 44.1 Å². The first kappa shape index (κ1) is 19.4. The zero-order valence-corrected chi connectivity index (χ0v) is 16.5. The molecule has 4 heterocycles. The maximum Gasteiger partial charge on any atom is 0.340 e. The third kappa shape index (κ3) is 4.41. The van der Waals surface area contributed by atoms with Crippen LogP contribution in [0.5, 0.6) is 5.75 Å². The van der Waals surface area contributed by atoms with E-state index in [-0.39, 0.29) is 5.97 Å². The van der Waals surface area contributed by atoms with Gasteiger partial charge < -0.3 is 18.6 Å². The van der Waals surface area contributed by atoms with Crippen LogP contribution >= 0.6 is 0 Å². The molecule has 4 rings (SSSR count). The minimum atomic E-state index is -0.348. The summed E-state index contributed by atoms with van der Waals surface area (Å²) in [6, 6.07) is 11.4. The lowest BCUT2D eigenvalue weighted by Crippen LogP contribution is -2.38. The van der Waals surface area contributed by atoms with E-state index in [9.17, 15) is 4.79 Å². The minimum absolute atomic E-state index is 0.327. The van der Waals surface area contributed by atoms with E-state index in [4.69, 9.17) is 14.2 Å². The number of ether oxygens (including phenoxy) is 3. The van der Waals surface area contributed by atoms with Crippen molar-refractivity contribution in [2.45, 2.75) is 6.92 Å². The summed E-state index contributed by atoms with van der Waals surface area (Å²) in [6.45, 7) is 7.04. The van der Waals surface area contributed by atoms with E-state index >= 15 is 0 Å². The van der Waals surface area contributed by atoms with Crippen molar-refractivity contribution in [2.24, 2.45) is 0 Å². The van der Waals surface area contributed by atoms with E-state index in [1.54, 1.807) is 13.1 Å². The van der Waals surface area contributed by atoms with Gasteiger partial charge in [0.05, 0.1) is 43.0 Å². The Morgan fingerprint density at radius 1 is 1.21 bits per heavy atom. The fraction of sp³-hybridized carbons (Fsp3) is 0.364. The second kappa shape index (κ2) is 9.07. The summed E-state index contributed by atoms with van der Waals surface area (Å²) < 4.78 is 18.4. The second-order valence-corrected chi connectivity index (χ2v) is 6.80. The van der Waals surface area contributed by atoms with Gasteiger partial charge >= 0.3 is 5.97 Å². The Kier molecular flexibility index (Phi) is 6.07. The number of rotatable bonds is 7. The average Bonchev–Trinajstić information content (AvgIpc) is 3.15. The fourth-order valence-corrected chi connectivity index (χ4v) is 3.47. The summed E-state index contributed by atoms with van der Waals surface area (Å²) in [5, 5.41) is 0. The summed E-state index contributed by atoms with van der Waals surface area (Å²) in [6.07, 6.45) is 3.62. The maximum atomic E-state index is 12.5. The Morgan fingerprint density at radius 3 is 2.83 bits per heavy atom. The molecule has 0 spiro atoms. The van der Waals surface area contributed by atoms with Gasteiger partial charge in [-0.1, -0.05) is 6.07 Å². The molecule has 0 radical (unpaired) electrons. The van der Waals surface area contributed by atoms with Gasteiger partial charge in [-0.25, -0.2) is 4.79 Å². The Bertz CT molecular complexity index is 962. The molecule has 1 saturated heterocycles. The van der Waals surface area contributed by atoms with Crippen molar-refractivity contribution in [3.05, 3.63) is 54.4 Å². The molecule has 152 valence electrons. The molecule has 0 N–H and O–H groups in total. The number of hydrogen-bond acceptors (Lipinski definition) is 6. The fourth-order valence-electron chi connectivity index (χ4n) is 3.47. The number of fused-ring (bicyclic) bond motifs is 1. The summed E-state index contributed by atoms with van der Waals surface area (Å²) in [5.74, 6) is 0.361. The maximum absolute atomic E-state index is 12.5. The van der Waals surface area contributed by atoms with Gasteiger partial charge in [-0.15, -0.1) is 0 Å². The molecule has 29 heavy (non-hydrogen) atoms. The van der Waals surface area contributed by atoms with E-state index < -0.39 is 0 Å². The number of hydrogen-bond donors (Lipinski definition) is 0. The lowest BCUT2D eigenvalue weighted by atomic mass is 10.1. The van der Waals surface area contributed by atoms with Gasteiger partial charge in [-0.05, 0) is 37.3 Å². The second-order valence-electron chi connectivity index (χ2n) is 6.80. The largest absolute Gasteiger partial charge is 0.491 e. The van der Waals surface area contributed by atoms with Crippen LogP contribution in [0.4, 0.5) is 0 Å². The Hall–Kier alpha value is -2.90. The molecular weight excluding hydrogens is 370 g/mol. The van der Waals surface area contributed by atoms with Crippen LogP contribution < -0.4 is 4.74 Å². The third-order valence-corrected chi connectivity index (χ3v) is 4.93. The average molecular weight is 395 g/mol. The van der Waals surface area contributed by atoms with Crippen molar-refractivity contribution in [1.82, 2.24) is 14.3 Å². The summed E-state index contributed by atoms with van der Waals surface area (Å²) >= 11 is 0. The first-order valence-corrected chi connectivity index (χ1v) is 9.93. The van der Waals surface area contributed by atoms with Gasteiger partial charge in [0, 0.05) is 31.3 Å².